The first-order chi connectivity index (χ1) is 8.61. The van der Waals surface area contributed by atoms with Crippen LogP contribution in [0.2, 0.25) is 0 Å². The molecule has 1 aliphatic rings. The smallest absolute Gasteiger partial charge is 0.325 e. The van der Waals surface area contributed by atoms with E-state index in [1.54, 1.807) is 4.57 Å². The van der Waals surface area contributed by atoms with Gasteiger partial charge in [-0.25, -0.2) is 0 Å². The lowest BCUT2D eigenvalue weighted by Crippen LogP contribution is -2.15. The second kappa shape index (κ2) is 5.38. The van der Waals surface area contributed by atoms with Gasteiger partial charge in [0.2, 0.25) is 0 Å². The van der Waals surface area contributed by atoms with Gasteiger partial charge in [0, 0.05) is 5.92 Å². The van der Waals surface area contributed by atoms with E-state index in [-0.39, 0.29) is 12.3 Å². The third-order valence-corrected chi connectivity index (χ3v) is 3.48. The summed E-state index contributed by atoms with van der Waals surface area (Å²) in [5.74, 6) is -0.353. The molecule has 1 N–H and O–H groups in total. The van der Waals surface area contributed by atoms with Gasteiger partial charge in [-0.2, -0.15) is 0 Å². The summed E-state index contributed by atoms with van der Waals surface area (Å²) in [5, 5.41) is 17.1. The lowest BCUT2D eigenvalue weighted by atomic mass is 10.4. The molecule has 0 radical (unpaired) electrons. The molecule has 0 aromatic carbocycles. The van der Waals surface area contributed by atoms with Gasteiger partial charge in [-0.05, 0) is 12.8 Å². The Morgan fingerprint density at radius 2 is 2.22 bits per heavy atom. The predicted molar refractivity (Wildman–Crippen MR) is 62.4 cm³/mol. The van der Waals surface area contributed by atoms with Crippen molar-refractivity contribution in [3.05, 3.63) is 5.82 Å². The second-order valence-electron chi connectivity index (χ2n) is 3.96. The van der Waals surface area contributed by atoms with Gasteiger partial charge in [0.25, 0.3) is 0 Å². The van der Waals surface area contributed by atoms with Gasteiger partial charge in [0.1, 0.15) is 12.4 Å². The van der Waals surface area contributed by atoms with Crippen LogP contribution in [0.4, 0.5) is 0 Å². The number of methoxy groups -OCH3 is 1. The van der Waals surface area contributed by atoms with E-state index < -0.39 is 11.9 Å². The summed E-state index contributed by atoms with van der Waals surface area (Å²) in [5.41, 5.74) is 0. The standard InChI is InChI=1S/C10H13N3O4S/c1-17-8(16)4-13-9(6-2-3-6)11-12-10(13)18-5-7(14)15/h6H,2-5H2,1H3,(H,14,15). The second-order valence-corrected chi connectivity index (χ2v) is 4.90. The molecule has 8 heteroatoms. The van der Waals surface area contributed by atoms with Crippen LogP contribution in [0, 0.1) is 0 Å². The zero-order chi connectivity index (χ0) is 13.1. The third-order valence-electron chi connectivity index (χ3n) is 2.53. The molecule has 1 heterocycles. The number of esters is 1. The maximum Gasteiger partial charge on any atom is 0.325 e. The van der Waals surface area contributed by atoms with Crippen molar-refractivity contribution in [1.82, 2.24) is 14.8 Å². The van der Waals surface area contributed by atoms with Crippen LogP contribution in [0.25, 0.3) is 0 Å². The molecule has 7 nitrogen and oxygen atoms in total. The minimum Gasteiger partial charge on any atom is -0.481 e. The van der Waals surface area contributed by atoms with Gasteiger partial charge in [0.15, 0.2) is 5.16 Å². The van der Waals surface area contributed by atoms with Gasteiger partial charge in [0.05, 0.1) is 12.9 Å². The molecule has 1 aromatic rings. The summed E-state index contributed by atoms with van der Waals surface area (Å²) in [6.45, 7) is 0.0251. The molecule has 1 aliphatic carbocycles. The first-order valence-corrected chi connectivity index (χ1v) is 6.45. The van der Waals surface area contributed by atoms with Crippen LogP contribution >= 0.6 is 11.8 Å². The normalized spacial score (nSPS) is 14.5. The van der Waals surface area contributed by atoms with E-state index in [9.17, 15) is 9.59 Å². The fourth-order valence-electron chi connectivity index (χ4n) is 1.52. The Hall–Kier alpha value is -1.57. The zero-order valence-electron chi connectivity index (χ0n) is 9.83. The summed E-state index contributed by atoms with van der Waals surface area (Å²) in [7, 11) is 1.31. The SMILES string of the molecule is COC(=O)Cn1c(SCC(=O)O)nnc1C1CC1. The largest absolute Gasteiger partial charge is 0.481 e. The molecule has 1 fully saturated rings. The molecule has 0 saturated heterocycles. The van der Waals surface area contributed by atoms with Crippen molar-refractivity contribution in [3.8, 4) is 0 Å². The van der Waals surface area contributed by atoms with E-state index in [4.69, 9.17) is 5.11 Å². The lowest BCUT2D eigenvalue weighted by Gasteiger charge is -2.07. The number of hydrogen-bond donors (Lipinski definition) is 1. The number of aliphatic carboxylic acids is 1. The molecule has 0 spiro atoms. The van der Waals surface area contributed by atoms with Crippen LogP contribution in [0.5, 0.6) is 0 Å². The zero-order valence-corrected chi connectivity index (χ0v) is 10.6. The van der Waals surface area contributed by atoms with Crippen molar-refractivity contribution in [2.45, 2.75) is 30.5 Å². The molecule has 1 saturated carbocycles. The molecule has 2 rings (SSSR count). The molecular weight excluding hydrogens is 258 g/mol. The number of nitrogens with zero attached hydrogens (tertiary/aromatic N) is 3. The number of hydrogen-bond acceptors (Lipinski definition) is 6. The van der Waals surface area contributed by atoms with Crippen LogP contribution in [-0.4, -0.2) is 44.7 Å². The van der Waals surface area contributed by atoms with E-state index in [0.717, 1.165) is 30.4 Å². The quantitative estimate of drug-likeness (QED) is 0.594. The Bertz CT molecular complexity index is 470. The van der Waals surface area contributed by atoms with Crippen molar-refractivity contribution < 1.29 is 19.4 Å². The Morgan fingerprint density at radius 1 is 1.50 bits per heavy atom. The molecule has 0 unspecified atom stereocenters. The highest BCUT2D eigenvalue weighted by Crippen LogP contribution is 2.39. The first kappa shape index (κ1) is 12.9. The van der Waals surface area contributed by atoms with Crippen LogP contribution < -0.4 is 0 Å². The summed E-state index contributed by atoms with van der Waals surface area (Å²) in [4.78, 5) is 21.9. The van der Waals surface area contributed by atoms with Crippen molar-refractivity contribution in [3.63, 3.8) is 0 Å². The van der Waals surface area contributed by atoms with E-state index in [2.05, 4.69) is 14.9 Å². The Kier molecular flexibility index (Phi) is 3.85. The minimum absolute atomic E-state index is 0.0251. The highest BCUT2D eigenvalue weighted by Gasteiger charge is 2.31. The monoisotopic (exact) mass is 271 g/mol. The average Bonchev–Trinajstić information content (AvgIpc) is 3.10. The summed E-state index contributed by atoms with van der Waals surface area (Å²) < 4.78 is 6.27. The van der Waals surface area contributed by atoms with E-state index in [0.29, 0.717) is 11.1 Å². The molecular formula is C10H13N3O4S. The number of ether oxygens (including phenoxy) is 1. The van der Waals surface area contributed by atoms with Gasteiger partial charge >= 0.3 is 11.9 Å². The van der Waals surface area contributed by atoms with Crippen LogP contribution in [0.15, 0.2) is 5.16 Å². The molecule has 0 amide bonds. The Labute approximate surface area is 108 Å². The summed E-state index contributed by atoms with van der Waals surface area (Å²) in [6, 6.07) is 0. The number of carboxylic acid groups (broad SMARTS) is 1. The number of thioether (sulfide) groups is 1. The van der Waals surface area contributed by atoms with E-state index >= 15 is 0 Å². The van der Waals surface area contributed by atoms with Crippen molar-refractivity contribution in [1.29, 1.82) is 0 Å². The Morgan fingerprint density at radius 3 is 2.78 bits per heavy atom. The van der Waals surface area contributed by atoms with Gasteiger partial charge in [-0.3, -0.25) is 14.2 Å². The lowest BCUT2D eigenvalue weighted by molar-refractivity contribution is -0.141. The highest BCUT2D eigenvalue weighted by molar-refractivity contribution is 7.99. The maximum atomic E-state index is 11.3. The highest BCUT2D eigenvalue weighted by atomic mass is 32.2. The van der Waals surface area contributed by atoms with Gasteiger partial charge < -0.3 is 9.84 Å². The fourth-order valence-corrected chi connectivity index (χ4v) is 2.18. The van der Waals surface area contributed by atoms with E-state index in [1.807, 2.05) is 0 Å². The molecule has 0 bridgehead atoms. The van der Waals surface area contributed by atoms with Crippen LogP contribution in [0.3, 0.4) is 0 Å². The number of carbonyl (C=O) groups excluding carboxylic acids is 1. The number of aromatic nitrogens is 3. The van der Waals surface area contributed by atoms with Gasteiger partial charge in [-0.1, -0.05) is 11.8 Å². The van der Waals surface area contributed by atoms with Gasteiger partial charge in [-0.15, -0.1) is 10.2 Å². The molecule has 0 aliphatic heterocycles. The molecule has 1 aromatic heterocycles. The maximum absolute atomic E-state index is 11.3. The number of carboxylic acids is 1. The minimum atomic E-state index is -0.930. The Balaban J connectivity index is 2.16. The van der Waals surface area contributed by atoms with Crippen LogP contribution in [0.1, 0.15) is 24.6 Å². The third kappa shape index (κ3) is 3.00. The van der Waals surface area contributed by atoms with Crippen molar-refractivity contribution in [2.24, 2.45) is 0 Å². The summed E-state index contributed by atoms with van der Waals surface area (Å²) >= 11 is 1.06. The summed E-state index contributed by atoms with van der Waals surface area (Å²) in [6.07, 6.45) is 2.06. The van der Waals surface area contributed by atoms with Crippen LogP contribution in [-0.2, 0) is 20.9 Å². The number of rotatable bonds is 6. The van der Waals surface area contributed by atoms with Crippen molar-refractivity contribution >= 4 is 23.7 Å². The predicted octanol–water partition coefficient (Wildman–Crippen LogP) is 0.505. The molecule has 0 atom stereocenters. The first-order valence-electron chi connectivity index (χ1n) is 5.46. The molecule has 18 heavy (non-hydrogen) atoms. The topological polar surface area (TPSA) is 94.3 Å². The number of carbonyl (C=O) groups is 2. The van der Waals surface area contributed by atoms with Crippen molar-refractivity contribution in [2.75, 3.05) is 12.9 Å². The average molecular weight is 271 g/mol. The fraction of sp³-hybridized carbons (Fsp3) is 0.600. The molecule has 98 valence electrons. The van der Waals surface area contributed by atoms with E-state index in [1.165, 1.54) is 7.11 Å².